The average molecular weight is 658 g/mol. The number of carbonyl (C=O) groups excluding carboxylic acids is 2. The lowest BCUT2D eigenvalue weighted by molar-refractivity contribution is -0.129. The van der Waals surface area contributed by atoms with Gasteiger partial charge >= 0.3 is 0 Å². The topological polar surface area (TPSA) is 116 Å². The van der Waals surface area contributed by atoms with E-state index < -0.39 is 30.0 Å². The molecular formula is C32H31Cl2FN4O6. The number of methoxy groups -OCH3 is 1. The molecule has 10 nitrogen and oxygen atoms in total. The molecule has 236 valence electrons. The van der Waals surface area contributed by atoms with Crippen molar-refractivity contribution in [3.05, 3.63) is 81.7 Å². The highest BCUT2D eigenvalue weighted by atomic mass is 35.5. The van der Waals surface area contributed by atoms with Gasteiger partial charge in [-0.25, -0.2) is 4.39 Å². The van der Waals surface area contributed by atoms with Gasteiger partial charge in [0.05, 0.1) is 48.2 Å². The third-order valence-electron chi connectivity index (χ3n) is 8.17. The van der Waals surface area contributed by atoms with E-state index >= 15 is 4.39 Å². The lowest BCUT2D eigenvalue weighted by Gasteiger charge is -2.18. The van der Waals surface area contributed by atoms with Gasteiger partial charge in [0.25, 0.3) is 11.8 Å². The molecule has 2 unspecified atom stereocenters. The first-order valence-electron chi connectivity index (χ1n) is 14.2. The Morgan fingerprint density at radius 3 is 2.49 bits per heavy atom. The fourth-order valence-corrected chi connectivity index (χ4v) is 6.16. The average Bonchev–Trinajstić information content (AvgIpc) is 3.74. The van der Waals surface area contributed by atoms with E-state index in [1.807, 2.05) is 0 Å². The Labute approximate surface area is 269 Å². The Kier molecular flexibility index (Phi) is 8.75. The smallest absolute Gasteiger partial charge is 0.262 e. The highest BCUT2D eigenvalue weighted by molar-refractivity contribution is 6.40. The minimum atomic E-state index is -0.668. The molecule has 0 spiro atoms. The molecule has 3 aliphatic heterocycles. The van der Waals surface area contributed by atoms with Crippen LogP contribution < -0.4 is 15.4 Å². The monoisotopic (exact) mass is 656 g/mol. The number of halogens is 3. The second kappa shape index (κ2) is 12.6. The third kappa shape index (κ3) is 5.99. The van der Waals surface area contributed by atoms with Crippen molar-refractivity contribution in [3.8, 4) is 28.0 Å². The van der Waals surface area contributed by atoms with Gasteiger partial charge in [0.1, 0.15) is 17.1 Å². The van der Waals surface area contributed by atoms with E-state index in [4.69, 9.17) is 37.4 Å². The molecule has 2 fully saturated rings. The zero-order valence-electron chi connectivity index (χ0n) is 24.6. The normalized spacial score (nSPS) is 22.6. The summed E-state index contributed by atoms with van der Waals surface area (Å²) >= 11 is 13.7. The van der Waals surface area contributed by atoms with Gasteiger partial charge in [0.2, 0.25) is 0 Å². The second-order valence-electron chi connectivity index (χ2n) is 11.1. The number of likely N-dealkylation sites (N-methyl/N-ethyl adjacent to an activating group) is 2. The minimum absolute atomic E-state index is 0.0559. The van der Waals surface area contributed by atoms with Gasteiger partial charge in [0, 0.05) is 49.1 Å². The number of fused-ring (bicyclic) bond motifs is 1. The molecule has 45 heavy (non-hydrogen) atoms. The number of benzene rings is 3. The summed E-state index contributed by atoms with van der Waals surface area (Å²) in [6, 6.07) is 13.2. The van der Waals surface area contributed by atoms with Crippen LogP contribution in [0.5, 0.6) is 5.75 Å². The van der Waals surface area contributed by atoms with Crippen molar-refractivity contribution in [2.75, 3.05) is 39.7 Å². The Morgan fingerprint density at radius 1 is 1.07 bits per heavy atom. The number of aliphatic hydroxyl groups excluding tert-OH is 1. The summed E-state index contributed by atoms with van der Waals surface area (Å²) in [5.74, 6) is -1.28. The van der Waals surface area contributed by atoms with Crippen LogP contribution >= 0.6 is 23.2 Å². The largest absolute Gasteiger partial charge is 0.496 e. The molecule has 3 aromatic rings. The molecule has 3 N–H and O–H groups in total. The maximum atomic E-state index is 15.5. The number of rotatable bonds is 8. The van der Waals surface area contributed by atoms with Crippen molar-refractivity contribution in [3.63, 3.8) is 0 Å². The lowest BCUT2D eigenvalue weighted by atomic mass is 9.97. The number of aliphatic hydroxyl groups is 1. The Morgan fingerprint density at radius 2 is 1.78 bits per heavy atom. The maximum Gasteiger partial charge on any atom is 0.262 e. The molecule has 13 heteroatoms. The Hall–Kier alpha value is -3.71. The van der Waals surface area contributed by atoms with Gasteiger partial charge in [-0.05, 0) is 23.8 Å². The van der Waals surface area contributed by atoms with Crippen molar-refractivity contribution in [1.29, 1.82) is 0 Å². The number of hydrogen-bond donors (Lipinski definition) is 3. The van der Waals surface area contributed by atoms with Gasteiger partial charge in [-0.15, -0.1) is 0 Å². The zero-order chi connectivity index (χ0) is 32.0. The standard InChI is InChI=1S/C32H31Cl2FN4O6/c1-38-13-21(30(42)39(2)32-31(38)45-32)29(41)37-23-9-5-8-19(28(23)34)18-7-4-6-17(27(18)33)16-10-22(35)20(26(11-16)43-3)12-36-24-14-44-15-25(24)40/h4-11,13,24-25,31-32,36,40H,12,14-15H2,1-3H3,(H,37,41)/t24-,25-,31?,32?/m0/s1. The number of anilines is 1. The van der Waals surface area contributed by atoms with Crippen molar-refractivity contribution < 1.29 is 33.3 Å². The molecule has 0 radical (unpaired) electrons. The number of nitrogens with one attached hydrogen (secondary N) is 2. The maximum absolute atomic E-state index is 15.5. The highest BCUT2D eigenvalue weighted by Gasteiger charge is 2.50. The summed E-state index contributed by atoms with van der Waals surface area (Å²) < 4.78 is 31.7. The zero-order valence-corrected chi connectivity index (χ0v) is 26.2. The van der Waals surface area contributed by atoms with Crippen molar-refractivity contribution in [2.24, 2.45) is 0 Å². The van der Waals surface area contributed by atoms with Crippen molar-refractivity contribution in [2.45, 2.75) is 31.1 Å². The van der Waals surface area contributed by atoms with Crippen molar-refractivity contribution >= 4 is 40.7 Å². The summed E-state index contributed by atoms with van der Waals surface area (Å²) in [6.07, 6.45) is 0.0881. The molecule has 3 aliphatic rings. The predicted octanol–water partition coefficient (Wildman–Crippen LogP) is 4.23. The van der Waals surface area contributed by atoms with E-state index in [9.17, 15) is 14.7 Å². The van der Waals surface area contributed by atoms with Gasteiger partial charge in [-0.1, -0.05) is 53.5 Å². The molecule has 2 saturated heterocycles. The first kappa shape index (κ1) is 31.3. The van der Waals surface area contributed by atoms with Crippen LogP contribution in [0.3, 0.4) is 0 Å². The molecule has 6 rings (SSSR count). The fraction of sp³-hybridized carbons (Fsp3) is 0.312. The number of ether oxygens (including phenoxy) is 3. The van der Waals surface area contributed by atoms with Crippen molar-refractivity contribution in [1.82, 2.24) is 15.1 Å². The molecule has 3 aromatic carbocycles. The SMILES string of the molecule is COc1cc(-c2cccc(-c3cccc(NC(=O)C4=CN(C)C5OC5N(C)C4=O)c3Cl)c2Cl)cc(F)c1CN[C@H]1COC[C@@H]1O. The fourth-order valence-electron chi connectivity index (χ4n) is 5.55. The van der Waals surface area contributed by atoms with Crippen LogP contribution in [0.2, 0.25) is 10.0 Å². The molecule has 0 bridgehead atoms. The number of carbonyl (C=O) groups is 2. The van der Waals surface area contributed by atoms with Crippen LogP contribution in [0.15, 0.2) is 60.3 Å². The van der Waals surface area contributed by atoms with E-state index in [1.54, 1.807) is 61.5 Å². The van der Waals surface area contributed by atoms with E-state index in [2.05, 4.69) is 10.6 Å². The first-order chi connectivity index (χ1) is 21.6. The summed E-state index contributed by atoms with van der Waals surface area (Å²) in [6.45, 7) is 0.695. The number of epoxide rings is 1. The molecule has 0 saturated carbocycles. The summed E-state index contributed by atoms with van der Waals surface area (Å²) in [5, 5.41) is 16.4. The van der Waals surface area contributed by atoms with E-state index in [-0.39, 0.29) is 41.7 Å². The number of nitrogens with zero attached hydrogens (tertiary/aromatic N) is 2. The molecule has 0 aliphatic carbocycles. The van der Waals surface area contributed by atoms with Gasteiger partial charge in [-0.3, -0.25) is 9.59 Å². The molecular weight excluding hydrogens is 626 g/mol. The van der Waals surface area contributed by atoms with E-state index in [0.29, 0.717) is 45.2 Å². The van der Waals surface area contributed by atoms with Gasteiger partial charge < -0.3 is 39.8 Å². The van der Waals surface area contributed by atoms with E-state index in [0.717, 1.165) is 0 Å². The van der Waals surface area contributed by atoms with Crippen LogP contribution in [0, 0.1) is 5.82 Å². The molecule has 2 amide bonds. The number of hydrogen-bond acceptors (Lipinski definition) is 8. The Bertz CT molecular complexity index is 1700. The van der Waals surface area contributed by atoms with Crippen LogP contribution in [-0.4, -0.2) is 85.7 Å². The summed E-state index contributed by atoms with van der Waals surface area (Å²) in [7, 11) is 4.77. The lowest BCUT2D eigenvalue weighted by Crippen LogP contribution is -2.38. The molecule has 4 atom stereocenters. The molecule has 3 heterocycles. The second-order valence-corrected chi connectivity index (χ2v) is 11.8. The Balaban J connectivity index is 1.27. The third-order valence-corrected chi connectivity index (χ3v) is 8.98. The molecule has 0 aromatic heterocycles. The summed E-state index contributed by atoms with van der Waals surface area (Å²) in [4.78, 5) is 29.3. The minimum Gasteiger partial charge on any atom is -0.496 e. The van der Waals surface area contributed by atoms with Crippen LogP contribution in [0.1, 0.15) is 5.56 Å². The quantitative estimate of drug-likeness (QED) is 0.244. The highest BCUT2D eigenvalue weighted by Crippen LogP contribution is 2.43. The van der Waals surface area contributed by atoms with Crippen LogP contribution in [-0.2, 0) is 25.6 Å². The summed E-state index contributed by atoms with van der Waals surface area (Å²) in [5.41, 5.74) is 2.64. The predicted molar refractivity (Wildman–Crippen MR) is 167 cm³/mol. The van der Waals surface area contributed by atoms with Gasteiger partial charge in [-0.2, -0.15) is 0 Å². The van der Waals surface area contributed by atoms with Gasteiger partial charge in [0.15, 0.2) is 12.5 Å². The van der Waals surface area contributed by atoms with E-state index in [1.165, 1.54) is 24.3 Å². The van der Waals surface area contributed by atoms with Crippen LogP contribution in [0.4, 0.5) is 10.1 Å². The number of amides is 2. The first-order valence-corrected chi connectivity index (χ1v) is 15.0. The van der Waals surface area contributed by atoms with Crippen LogP contribution in [0.25, 0.3) is 22.3 Å².